The number of aromatic nitrogens is 1. The highest BCUT2D eigenvalue weighted by molar-refractivity contribution is 5.58. The largest absolute Gasteiger partial charge is 0.494 e. The third-order valence-electron chi connectivity index (χ3n) is 1.63. The van der Waals surface area contributed by atoms with E-state index < -0.39 is 0 Å². The molecule has 1 aromatic heterocycles. The number of methoxy groups -OCH3 is 1. The highest BCUT2D eigenvalue weighted by Gasteiger charge is 2.09. The molecule has 5 heteroatoms. The van der Waals surface area contributed by atoms with E-state index in [2.05, 4.69) is 0 Å². The highest BCUT2D eigenvalue weighted by atomic mass is 16.5. The van der Waals surface area contributed by atoms with E-state index in [9.17, 15) is 9.90 Å². The second-order valence-electron chi connectivity index (χ2n) is 2.35. The standard InChI is InChI=1S/C7H10N2O3/c1-9-5(10)3-4(12-2)6(8)7(9)11/h3,11H,8H2,1-2H3. The molecule has 0 saturated heterocycles. The number of hydrogen-bond acceptors (Lipinski definition) is 4. The molecule has 0 unspecified atom stereocenters. The van der Waals surface area contributed by atoms with Crippen LogP contribution in [0.25, 0.3) is 0 Å². The number of hydrogen-bond donors (Lipinski definition) is 2. The monoisotopic (exact) mass is 170 g/mol. The summed E-state index contributed by atoms with van der Waals surface area (Å²) in [7, 11) is 2.80. The predicted molar refractivity (Wildman–Crippen MR) is 44.3 cm³/mol. The van der Waals surface area contributed by atoms with Crippen LogP contribution in [0, 0.1) is 0 Å². The average molecular weight is 170 g/mol. The van der Waals surface area contributed by atoms with Crippen LogP contribution in [0.3, 0.4) is 0 Å². The van der Waals surface area contributed by atoms with E-state index in [-0.39, 0.29) is 22.9 Å². The van der Waals surface area contributed by atoms with Gasteiger partial charge in [-0.3, -0.25) is 9.36 Å². The van der Waals surface area contributed by atoms with Crippen molar-refractivity contribution in [2.45, 2.75) is 0 Å². The van der Waals surface area contributed by atoms with Gasteiger partial charge in [0.05, 0.1) is 7.11 Å². The maximum Gasteiger partial charge on any atom is 0.256 e. The van der Waals surface area contributed by atoms with Gasteiger partial charge < -0.3 is 15.6 Å². The van der Waals surface area contributed by atoms with Gasteiger partial charge in [-0.2, -0.15) is 0 Å². The van der Waals surface area contributed by atoms with Gasteiger partial charge >= 0.3 is 0 Å². The summed E-state index contributed by atoms with van der Waals surface area (Å²) in [5.74, 6) is -0.0880. The molecule has 3 N–H and O–H groups in total. The van der Waals surface area contributed by atoms with Crippen LogP contribution in [-0.2, 0) is 7.05 Å². The lowest BCUT2D eigenvalue weighted by Crippen LogP contribution is -2.17. The number of ether oxygens (including phenoxy) is 1. The molecule has 66 valence electrons. The zero-order valence-corrected chi connectivity index (χ0v) is 6.87. The van der Waals surface area contributed by atoms with Gasteiger partial charge in [0.1, 0.15) is 5.69 Å². The van der Waals surface area contributed by atoms with Crippen molar-refractivity contribution in [3.63, 3.8) is 0 Å². The number of pyridine rings is 1. The summed E-state index contributed by atoms with van der Waals surface area (Å²) in [6, 6.07) is 1.22. The zero-order chi connectivity index (χ0) is 9.30. The van der Waals surface area contributed by atoms with E-state index in [0.29, 0.717) is 0 Å². The summed E-state index contributed by atoms with van der Waals surface area (Å²) in [6.45, 7) is 0. The first-order valence-corrected chi connectivity index (χ1v) is 3.30. The summed E-state index contributed by atoms with van der Waals surface area (Å²) in [6.07, 6.45) is 0. The Hall–Kier alpha value is -1.65. The third-order valence-corrected chi connectivity index (χ3v) is 1.63. The quantitative estimate of drug-likeness (QED) is 0.605. The van der Waals surface area contributed by atoms with Gasteiger partial charge in [-0.25, -0.2) is 0 Å². The minimum atomic E-state index is -0.362. The van der Waals surface area contributed by atoms with Crippen LogP contribution in [0.2, 0.25) is 0 Å². The Morgan fingerprint density at radius 1 is 1.67 bits per heavy atom. The van der Waals surface area contributed by atoms with Crippen LogP contribution in [0.4, 0.5) is 5.69 Å². The van der Waals surface area contributed by atoms with Crippen LogP contribution in [0.5, 0.6) is 11.6 Å². The van der Waals surface area contributed by atoms with E-state index in [0.717, 1.165) is 4.57 Å². The Bertz CT molecular complexity index is 356. The molecule has 0 aliphatic heterocycles. The Balaban J connectivity index is 3.50. The molecule has 0 amide bonds. The van der Waals surface area contributed by atoms with E-state index in [1.54, 1.807) is 0 Å². The summed E-state index contributed by atoms with van der Waals surface area (Å²) in [4.78, 5) is 11.0. The lowest BCUT2D eigenvalue weighted by Gasteiger charge is -2.08. The predicted octanol–water partition coefficient (Wildman–Crippen LogP) is -0.318. The van der Waals surface area contributed by atoms with E-state index in [1.165, 1.54) is 20.2 Å². The van der Waals surface area contributed by atoms with Crippen molar-refractivity contribution in [3.05, 3.63) is 16.4 Å². The fourth-order valence-electron chi connectivity index (χ4n) is 0.851. The van der Waals surface area contributed by atoms with Crippen LogP contribution >= 0.6 is 0 Å². The third kappa shape index (κ3) is 1.09. The molecule has 0 fully saturated rings. The minimum absolute atomic E-state index is 0.0691. The first-order chi connectivity index (χ1) is 5.57. The molecule has 0 aliphatic carbocycles. The molecule has 12 heavy (non-hydrogen) atoms. The van der Waals surface area contributed by atoms with E-state index in [4.69, 9.17) is 10.5 Å². The molecule has 0 bridgehead atoms. The molecule has 1 heterocycles. The fourth-order valence-corrected chi connectivity index (χ4v) is 0.851. The molecule has 5 nitrogen and oxygen atoms in total. The number of nitrogens with two attached hydrogens (primary N) is 1. The van der Waals surface area contributed by atoms with Crippen molar-refractivity contribution in [1.82, 2.24) is 4.57 Å². The smallest absolute Gasteiger partial charge is 0.256 e. The lowest BCUT2D eigenvalue weighted by molar-refractivity contribution is 0.395. The number of aromatic hydroxyl groups is 1. The molecule has 1 aromatic rings. The molecular formula is C7H10N2O3. The molecule has 0 spiro atoms. The molecule has 0 radical (unpaired) electrons. The molecule has 0 aliphatic rings. The van der Waals surface area contributed by atoms with Gasteiger partial charge in [0, 0.05) is 13.1 Å². The topological polar surface area (TPSA) is 77.5 Å². The number of rotatable bonds is 1. The summed E-state index contributed by atoms with van der Waals surface area (Å²) >= 11 is 0. The van der Waals surface area contributed by atoms with Gasteiger partial charge in [-0.15, -0.1) is 0 Å². The molecule has 0 atom stereocenters. The Kier molecular flexibility index (Phi) is 1.95. The van der Waals surface area contributed by atoms with Gasteiger partial charge in [-0.1, -0.05) is 0 Å². The van der Waals surface area contributed by atoms with Gasteiger partial charge in [0.15, 0.2) is 5.75 Å². The number of anilines is 1. The van der Waals surface area contributed by atoms with Gasteiger partial charge in [0.25, 0.3) is 5.56 Å². The van der Waals surface area contributed by atoms with Crippen molar-refractivity contribution in [1.29, 1.82) is 0 Å². The molecule has 0 saturated carbocycles. The van der Waals surface area contributed by atoms with Crippen LogP contribution in [0.15, 0.2) is 10.9 Å². The van der Waals surface area contributed by atoms with Crippen molar-refractivity contribution in [3.8, 4) is 11.6 Å². The number of nitrogens with zero attached hydrogens (tertiary/aromatic N) is 1. The average Bonchev–Trinajstić information content (AvgIpc) is 2.08. The maximum atomic E-state index is 11.0. The van der Waals surface area contributed by atoms with Crippen LogP contribution < -0.4 is 16.0 Å². The maximum absolute atomic E-state index is 11.0. The summed E-state index contributed by atoms with van der Waals surface area (Å²) in [5, 5.41) is 9.26. The van der Waals surface area contributed by atoms with Gasteiger partial charge in [-0.05, 0) is 0 Å². The minimum Gasteiger partial charge on any atom is -0.494 e. The van der Waals surface area contributed by atoms with Crippen LogP contribution in [-0.4, -0.2) is 16.8 Å². The Morgan fingerprint density at radius 3 is 2.75 bits per heavy atom. The first-order valence-electron chi connectivity index (χ1n) is 3.30. The Morgan fingerprint density at radius 2 is 2.25 bits per heavy atom. The summed E-state index contributed by atoms with van der Waals surface area (Å²) in [5.41, 5.74) is 5.13. The zero-order valence-electron chi connectivity index (χ0n) is 6.87. The second kappa shape index (κ2) is 2.77. The molecule has 1 rings (SSSR count). The highest BCUT2D eigenvalue weighted by Crippen LogP contribution is 2.26. The number of nitrogen functional groups attached to an aromatic ring is 1. The molecular weight excluding hydrogens is 160 g/mol. The van der Waals surface area contributed by atoms with Crippen molar-refractivity contribution in [2.75, 3.05) is 12.8 Å². The van der Waals surface area contributed by atoms with Crippen LogP contribution in [0.1, 0.15) is 0 Å². The summed E-state index contributed by atoms with van der Waals surface area (Å²) < 4.78 is 5.80. The normalized spacial score (nSPS) is 9.83. The lowest BCUT2D eigenvalue weighted by atomic mass is 10.3. The van der Waals surface area contributed by atoms with Crippen molar-refractivity contribution < 1.29 is 9.84 Å². The van der Waals surface area contributed by atoms with E-state index in [1.807, 2.05) is 0 Å². The Labute approximate surface area is 69.0 Å². The first kappa shape index (κ1) is 8.45. The van der Waals surface area contributed by atoms with Gasteiger partial charge in [0.2, 0.25) is 5.88 Å². The molecule has 0 aromatic carbocycles. The van der Waals surface area contributed by atoms with Crippen molar-refractivity contribution >= 4 is 5.69 Å². The fraction of sp³-hybridized carbons (Fsp3) is 0.286. The van der Waals surface area contributed by atoms with Crippen molar-refractivity contribution in [2.24, 2.45) is 7.05 Å². The SMILES string of the molecule is COc1cc(=O)n(C)c(O)c1N. The second-order valence-corrected chi connectivity index (χ2v) is 2.35. The van der Waals surface area contributed by atoms with E-state index >= 15 is 0 Å².